The molecule has 20 heavy (non-hydrogen) atoms. The van der Waals surface area contributed by atoms with Crippen LogP contribution in [0.25, 0.3) is 10.9 Å². The van der Waals surface area contributed by atoms with Crippen LogP contribution in [0.2, 0.25) is 0 Å². The van der Waals surface area contributed by atoms with Crippen molar-refractivity contribution in [3.63, 3.8) is 0 Å². The van der Waals surface area contributed by atoms with Crippen LogP contribution in [-0.4, -0.2) is 41.5 Å². The van der Waals surface area contributed by atoms with E-state index in [0.29, 0.717) is 5.82 Å². The number of hydrogen-bond donors (Lipinski definition) is 2. The number of benzene rings is 1. The fourth-order valence-electron chi connectivity index (χ4n) is 2.93. The topological polar surface area (TPSA) is 67.1 Å². The molecule has 1 fully saturated rings. The highest BCUT2D eigenvalue weighted by Crippen LogP contribution is 2.20. The Kier molecular flexibility index (Phi) is 3.80. The van der Waals surface area contributed by atoms with Crippen molar-refractivity contribution in [2.75, 3.05) is 32.4 Å². The van der Waals surface area contributed by atoms with Gasteiger partial charge in [-0.1, -0.05) is 12.1 Å². The van der Waals surface area contributed by atoms with Gasteiger partial charge in [0.2, 0.25) is 0 Å². The largest absolute Gasteiger partial charge is 0.383 e. The Balaban J connectivity index is 1.75. The summed E-state index contributed by atoms with van der Waals surface area (Å²) in [7, 11) is 2.01. The van der Waals surface area contributed by atoms with E-state index in [0.717, 1.165) is 48.8 Å². The molecule has 1 aromatic heterocycles. The molecular weight excluding hydrogens is 250 g/mol. The first-order chi connectivity index (χ1) is 9.76. The average molecular weight is 271 g/mol. The normalized spacial score (nSPS) is 19.8. The van der Waals surface area contributed by atoms with Gasteiger partial charge in [-0.15, -0.1) is 0 Å². The van der Waals surface area contributed by atoms with Crippen LogP contribution in [0.1, 0.15) is 12.2 Å². The van der Waals surface area contributed by atoms with Crippen LogP contribution in [0.5, 0.6) is 0 Å². The van der Waals surface area contributed by atoms with E-state index in [1.807, 2.05) is 31.3 Å². The van der Waals surface area contributed by atoms with Crippen LogP contribution in [0, 0.1) is 5.92 Å². The SMILES string of the molecule is CNCC1CCN(Cc2nc(N)c3ccccc3n2)C1. The summed E-state index contributed by atoms with van der Waals surface area (Å²) in [6, 6.07) is 7.90. The lowest BCUT2D eigenvalue weighted by atomic mass is 10.1. The van der Waals surface area contributed by atoms with E-state index < -0.39 is 0 Å². The Bertz CT molecular complexity index is 598. The van der Waals surface area contributed by atoms with E-state index >= 15 is 0 Å². The van der Waals surface area contributed by atoms with Crippen molar-refractivity contribution in [3.05, 3.63) is 30.1 Å². The van der Waals surface area contributed by atoms with Gasteiger partial charge in [0.05, 0.1) is 12.1 Å². The van der Waals surface area contributed by atoms with Crippen molar-refractivity contribution in [1.29, 1.82) is 0 Å². The Hall–Kier alpha value is -1.72. The molecule has 5 nitrogen and oxygen atoms in total. The number of hydrogen-bond acceptors (Lipinski definition) is 5. The number of nitrogens with zero attached hydrogens (tertiary/aromatic N) is 3. The number of anilines is 1. The van der Waals surface area contributed by atoms with Gasteiger partial charge in [-0.2, -0.15) is 0 Å². The molecule has 2 aromatic rings. The quantitative estimate of drug-likeness (QED) is 0.876. The highest BCUT2D eigenvalue weighted by atomic mass is 15.2. The molecule has 1 saturated heterocycles. The van der Waals surface area contributed by atoms with E-state index in [1.165, 1.54) is 6.42 Å². The molecule has 106 valence electrons. The summed E-state index contributed by atoms with van der Waals surface area (Å²) in [5.74, 6) is 2.14. The smallest absolute Gasteiger partial charge is 0.145 e. The minimum absolute atomic E-state index is 0.580. The number of nitrogens with two attached hydrogens (primary N) is 1. The third kappa shape index (κ3) is 2.73. The van der Waals surface area contributed by atoms with Gasteiger partial charge in [0.25, 0.3) is 0 Å². The van der Waals surface area contributed by atoms with Crippen LogP contribution in [0.15, 0.2) is 24.3 Å². The summed E-state index contributed by atoms with van der Waals surface area (Å²) in [6.07, 6.45) is 1.24. The molecule has 0 spiro atoms. The van der Waals surface area contributed by atoms with Crippen LogP contribution >= 0.6 is 0 Å². The molecular formula is C15H21N5. The van der Waals surface area contributed by atoms with Gasteiger partial charge in [-0.25, -0.2) is 9.97 Å². The number of aromatic nitrogens is 2. The maximum absolute atomic E-state index is 6.03. The van der Waals surface area contributed by atoms with Crippen molar-refractivity contribution in [3.8, 4) is 0 Å². The van der Waals surface area contributed by atoms with E-state index in [4.69, 9.17) is 5.73 Å². The van der Waals surface area contributed by atoms with Crippen LogP contribution < -0.4 is 11.1 Å². The van der Waals surface area contributed by atoms with Crippen molar-refractivity contribution in [1.82, 2.24) is 20.2 Å². The Morgan fingerprint density at radius 1 is 1.35 bits per heavy atom. The summed E-state index contributed by atoms with van der Waals surface area (Å²) in [5, 5.41) is 4.19. The van der Waals surface area contributed by atoms with Crippen molar-refractivity contribution >= 4 is 16.7 Å². The van der Waals surface area contributed by atoms with E-state index in [9.17, 15) is 0 Å². The first kappa shape index (κ1) is 13.3. The summed E-state index contributed by atoms with van der Waals surface area (Å²) in [4.78, 5) is 11.5. The van der Waals surface area contributed by atoms with Crippen LogP contribution in [0.3, 0.4) is 0 Å². The monoisotopic (exact) mass is 271 g/mol. The lowest BCUT2D eigenvalue weighted by Gasteiger charge is -2.15. The maximum Gasteiger partial charge on any atom is 0.145 e. The number of nitrogen functional groups attached to an aromatic ring is 1. The molecule has 2 heterocycles. The minimum atomic E-state index is 0.580. The summed E-state index contributed by atoms with van der Waals surface area (Å²) in [6.45, 7) is 4.09. The van der Waals surface area contributed by atoms with E-state index in [2.05, 4.69) is 20.2 Å². The molecule has 1 aromatic carbocycles. The molecule has 5 heteroatoms. The molecule has 0 bridgehead atoms. The number of likely N-dealkylation sites (tertiary alicyclic amines) is 1. The minimum Gasteiger partial charge on any atom is -0.383 e. The zero-order valence-corrected chi connectivity index (χ0v) is 11.8. The summed E-state index contributed by atoms with van der Waals surface area (Å²) in [5.41, 5.74) is 6.96. The lowest BCUT2D eigenvalue weighted by Crippen LogP contribution is -2.25. The Labute approximate surface area is 119 Å². The highest BCUT2D eigenvalue weighted by molar-refractivity contribution is 5.87. The second kappa shape index (κ2) is 5.73. The molecule has 3 N–H and O–H groups in total. The molecule has 0 radical (unpaired) electrons. The fraction of sp³-hybridized carbons (Fsp3) is 0.467. The van der Waals surface area contributed by atoms with Crippen LogP contribution in [0.4, 0.5) is 5.82 Å². The predicted octanol–water partition coefficient (Wildman–Crippen LogP) is 1.25. The highest BCUT2D eigenvalue weighted by Gasteiger charge is 2.22. The second-order valence-corrected chi connectivity index (χ2v) is 5.49. The van der Waals surface area contributed by atoms with Crippen molar-refractivity contribution in [2.45, 2.75) is 13.0 Å². The first-order valence-corrected chi connectivity index (χ1v) is 7.14. The fourth-order valence-corrected chi connectivity index (χ4v) is 2.93. The molecule has 1 unspecified atom stereocenters. The van der Waals surface area contributed by atoms with Crippen LogP contribution in [-0.2, 0) is 6.54 Å². The molecule has 3 rings (SSSR count). The van der Waals surface area contributed by atoms with Crippen molar-refractivity contribution in [2.24, 2.45) is 5.92 Å². The van der Waals surface area contributed by atoms with Gasteiger partial charge in [0.15, 0.2) is 0 Å². The summed E-state index contributed by atoms with van der Waals surface area (Å²) < 4.78 is 0. The third-order valence-electron chi connectivity index (χ3n) is 3.91. The van der Waals surface area contributed by atoms with E-state index in [-0.39, 0.29) is 0 Å². The number of fused-ring (bicyclic) bond motifs is 1. The Morgan fingerprint density at radius 3 is 3.05 bits per heavy atom. The number of rotatable bonds is 4. The van der Waals surface area contributed by atoms with E-state index in [1.54, 1.807) is 0 Å². The summed E-state index contributed by atoms with van der Waals surface area (Å²) >= 11 is 0. The average Bonchev–Trinajstić information content (AvgIpc) is 2.87. The molecule has 1 aliphatic heterocycles. The van der Waals surface area contributed by atoms with Gasteiger partial charge in [-0.3, -0.25) is 4.90 Å². The zero-order chi connectivity index (χ0) is 13.9. The van der Waals surface area contributed by atoms with Gasteiger partial charge >= 0.3 is 0 Å². The maximum atomic E-state index is 6.03. The number of para-hydroxylation sites is 1. The number of nitrogens with one attached hydrogen (secondary N) is 1. The second-order valence-electron chi connectivity index (χ2n) is 5.49. The first-order valence-electron chi connectivity index (χ1n) is 7.14. The standard InChI is InChI=1S/C15H21N5/c1-17-8-11-6-7-20(9-11)10-14-18-13-5-3-2-4-12(13)15(16)19-14/h2-5,11,17H,6-10H2,1H3,(H2,16,18,19). The Morgan fingerprint density at radius 2 is 2.20 bits per heavy atom. The van der Waals surface area contributed by atoms with Crippen molar-refractivity contribution < 1.29 is 0 Å². The molecule has 1 aliphatic rings. The lowest BCUT2D eigenvalue weighted by molar-refractivity contribution is 0.308. The molecule has 0 aliphatic carbocycles. The predicted molar refractivity (Wildman–Crippen MR) is 81.3 cm³/mol. The third-order valence-corrected chi connectivity index (χ3v) is 3.91. The zero-order valence-electron chi connectivity index (χ0n) is 11.8. The van der Waals surface area contributed by atoms with Gasteiger partial charge in [0.1, 0.15) is 11.6 Å². The van der Waals surface area contributed by atoms with Gasteiger partial charge in [-0.05, 0) is 44.6 Å². The molecule has 0 saturated carbocycles. The molecule has 1 atom stereocenters. The van der Waals surface area contributed by atoms with Gasteiger partial charge < -0.3 is 11.1 Å². The molecule has 0 amide bonds. The van der Waals surface area contributed by atoms with Gasteiger partial charge in [0, 0.05) is 11.9 Å².